The van der Waals surface area contributed by atoms with E-state index in [-0.39, 0.29) is 18.9 Å². The molecule has 2 N–H and O–H groups in total. The van der Waals surface area contributed by atoms with Crippen molar-refractivity contribution >= 4 is 52.5 Å². The monoisotopic (exact) mass is 463 g/mol. The highest BCUT2D eigenvalue weighted by Crippen LogP contribution is 2.30. The van der Waals surface area contributed by atoms with Crippen molar-refractivity contribution in [3.8, 4) is 0 Å². The molecule has 1 atom stereocenters. The highest BCUT2D eigenvalue weighted by Gasteiger charge is 2.33. The van der Waals surface area contributed by atoms with Gasteiger partial charge < -0.3 is 19.5 Å². The Morgan fingerprint density at radius 3 is 2.48 bits per heavy atom. The molecule has 31 heavy (non-hydrogen) atoms. The van der Waals surface area contributed by atoms with Gasteiger partial charge in [0.25, 0.3) is 0 Å². The molecule has 2 aromatic carbocycles. The number of anilines is 3. The summed E-state index contributed by atoms with van der Waals surface area (Å²) in [6, 6.07) is 12.5. The molecule has 2 saturated heterocycles. The van der Waals surface area contributed by atoms with Gasteiger partial charge >= 0.3 is 6.09 Å². The van der Waals surface area contributed by atoms with Crippen molar-refractivity contribution in [1.29, 1.82) is 0 Å². The van der Waals surface area contributed by atoms with Crippen LogP contribution in [0.4, 0.5) is 26.2 Å². The molecule has 0 aromatic heterocycles. The molecule has 164 valence electrons. The molecule has 7 nitrogen and oxygen atoms in total. The van der Waals surface area contributed by atoms with E-state index < -0.39 is 12.2 Å². The standard InChI is InChI=1S/C21H23ClFN5O2S/c22-17-3-1-2-4-19(17)25-7-9-26(10-8-25)20-6-5-15(11-18(20)23)28-13-16(30-21(28)29)12-27(24)14-31/h1-6,11,14,16H,7-10,12-13,24H2/t16-/m0/s1. The Hall–Kier alpha value is -2.62. The first-order valence-electron chi connectivity index (χ1n) is 9.95. The Balaban J connectivity index is 1.41. The van der Waals surface area contributed by atoms with Crippen molar-refractivity contribution in [1.82, 2.24) is 5.01 Å². The predicted octanol–water partition coefficient (Wildman–Crippen LogP) is 3.26. The minimum Gasteiger partial charge on any atom is -0.442 e. The summed E-state index contributed by atoms with van der Waals surface area (Å²) in [5.41, 5.74) is 3.25. The number of hydrogen-bond donors (Lipinski definition) is 1. The van der Waals surface area contributed by atoms with E-state index in [0.717, 1.165) is 18.8 Å². The first-order chi connectivity index (χ1) is 15.0. The van der Waals surface area contributed by atoms with Crippen LogP contribution in [0, 0.1) is 5.82 Å². The van der Waals surface area contributed by atoms with Gasteiger partial charge in [0, 0.05) is 26.2 Å². The van der Waals surface area contributed by atoms with E-state index in [1.165, 1.54) is 21.5 Å². The Morgan fingerprint density at radius 2 is 1.84 bits per heavy atom. The Bertz CT molecular complexity index is 973. The highest BCUT2D eigenvalue weighted by molar-refractivity contribution is 7.78. The fourth-order valence-electron chi connectivity index (χ4n) is 3.92. The molecule has 0 unspecified atom stereocenters. The van der Waals surface area contributed by atoms with Crippen LogP contribution in [-0.4, -0.2) is 62.0 Å². The summed E-state index contributed by atoms with van der Waals surface area (Å²) >= 11 is 11.1. The van der Waals surface area contributed by atoms with Crippen LogP contribution in [-0.2, 0) is 4.74 Å². The van der Waals surface area contributed by atoms with Gasteiger partial charge in [-0.1, -0.05) is 36.0 Å². The highest BCUT2D eigenvalue weighted by atomic mass is 35.5. The van der Waals surface area contributed by atoms with Gasteiger partial charge in [-0.05, 0) is 30.3 Å². The minimum absolute atomic E-state index is 0.280. The maximum Gasteiger partial charge on any atom is 0.414 e. The minimum atomic E-state index is -0.525. The Morgan fingerprint density at radius 1 is 1.16 bits per heavy atom. The van der Waals surface area contributed by atoms with Crippen LogP contribution in [0.2, 0.25) is 5.02 Å². The molecular formula is C21H23ClFN5O2S. The van der Waals surface area contributed by atoms with Crippen molar-refractivity contribution < 1.29 is 13.9 Å². The number of nitrogens with zero attached hydrogens (tertiary/aromatic N) is 4. The number of carbonyl (C=O) groups excluding carboxylic acids is 1. The van der Waals surface area contributed by atoms with Gasteiger partial charge in [0.1, 0.15) is 11.9 Å². The molecule has 0 spiro atoms. The molecule has 0 bridgehead atoms. The van der Waals surface area contributed by atoms with Gasteiger partial charge in [0.05, 0.1) is 40.7 Å². The third-order valence-electron chi connectivity index (χ3n) is 5.48. The maximum absolute atomic E-state index is 15.0. The molecule has 0 radical (unpaired) electrons. The maximum atomic E-state index is 15.0. The number of hydrazine groups is 1. The summed E-state index contributed by atoms with van der Waals surface area (Å²) in [5.74, 6) is 5.28. The molecular weight excluding hydrogens is 441 g/mol. The van der Waals surface area contributed by atoms with E-state index in [0.29, 0.717) is 29.5 Å². The van der Waals surface area contributed by atoms with Crippen molar-refractivity contribution in [2.75, 3.05) is 54.0 Å². The molecule has 2 aromatic rings. The number of hydrogen-bond acceptors (Lipinski definition) is 6. The number of cyclic esters (lactones) is 1. The number of rotatable bonds is 6. The van der Waals surface area contributed by atoms with Crippen molar-refractivity contribution in [3.63, 3.8) is 0 Å². The van der Waals surface area contributed by atoms with Gasteiger partial charge in [-0.25, -0.2) is 15.0 Å². The average Bonchev–Trinajstić information content (AvgIpc) is 3.14. The summed E-state index contributed by atoms with van der Waals surface area (Å²) in [4.78, 5) is 17.8. The van der Waals surface area contributed by atoms with Crippen LogP contribution >= 0.6 is 23.8 Å². The fourth-order valence-corrected chi connectivity index (χ4v) is 4.26. The van der Waals surface area contributed by atoms with Gasteiger partial charge in [-0.3, -0.25) is 4.90 Å². The zero-order valence-corrected chi connectivity index (χ0v) is 18.4. The normalized spacial score (nSPS) is 18.9. The second-order valence-electron chi connectivity index (χ2n) is 7.48. The Kier molecular flexibility index (Phi) is 6.45. The first-order valence-corrected chi connectivity index (χ1v) is 10.8. The number of amides is 1. The number of ether oxygens (including phenoxy) is 1. The molecule has 0 aliphatic carbocycles. The molecule has 2 heterocycles. The number of thiocarbonyl (C=S) groups is 1. The van der Waals surface area contributed by atoms with Gasteiger partial charge in [0.15, 0.2) is 0 Å². The Labute approximate surface area is 190 Å². The smallest absolute Gasteiger partial charge is 0.414 e. The number of benzene rings is 2. The SMILES string of the molecule is NN(C=S)C[C@H]1CN(c2ccc(N3CCN(c4ccccc4Cl)CC3)c(F)c2)C(=O)O1. The summed E-state index contributed by atoms with van der Waals surface area (Å²) in [6.07, 6.45) is -0.958. The lowest BCUT2D eigenvalue weighted by atomic mass is 10.2. The molecule has 2 fully saturated rings. The number of piperazine rings is 1. The fraction of sp³-hybridized carbons (Fsp3) is 0.333. The van der Waals surface area contributed by atoms with E-state index in [2.05, 4.69) is 4.90 Å². The van der Waals surface area contributed by atoms with Crippen molar-refractivity contribution in [2.45, 2.75) is 6.10 Å². The second kappa shape index (κ2) is 9.25. The summed E-state index contributed by atoms with van der Waals surface area (Å²) in [7, 11) is 0. The van der Waals surface area contributed by atoms with E-state index in [1.54, 1.807) is 12.1 Å². The molecule has 2 aliphatic rings. The first kappa shape index (κ1) is 21.6. The zero-order valence-electron chi connectivity index (χ0n) is 16.8. The molecule has 0 saturated carbocycles. The van der Waals surface area contributed by atoms with E-state index in [9.17, 15) is 9.18 Å². The largest absolute Gasteiger partial charge is 0.442 e. The van der Waals surface area contributed by atoms with E-state index in [4.69, 9.17) is 34.4 Å². The van der Waals surface area contributed by atoms with Crippen LogP contribution in [0.3, 0.4) is 0 Å². The van der Waals surface area contributed by atoms with Gasteiger partial charge in [-0.15, -0.1) is 0 Å². The van der Waals surface area contributed by atoms with Crippen LogP contribution in [0.25, 0.3) is 0 Å². The number of para-hydroxylation sites is 1. The van der Waals surface area contributed by atoms with Crippen LogP contribution < -0.4 is 20.5 Å². The second-order valence-corrected chi connectivity index (χ2v) is 8.10. The van der Waals surface area contributed by atoms with Gasteiger partial charge in [0.2, 0.25) is 0 Å². The van der Waals surface area contributed by atoms with Gasteiger partial charge in [-0.2, -0.15) is 0 Å². The lowest BCUT2D eigenvalue weighted by Crippen LogP contribution is -2.47. The van der Waals surface area contributed by atoms with Crippen LogP contribution in [0.15, 0.2) is 42.5 Å². The van der Waals surface area contributed by atoms with Crippen LogP contribution in [0.1, 0.15) is 0 Å². The summed E-state index contributed by atoms with van der Waals surface area (Å²) < 4.78 is 20.3. The predicted molar refractivity (Wildman–Crippen MR) is 124 cm³/mol. The third kappa shape index (κ3) is 4.68. The quantitative estimate of drug-likeness (QED) is 0.400. The summed E-state index contributed by atoms with van der Waals surface area (Å²) in [6.45, 7) is 3.37. The number of nitrogens with two attached hydrogens (primary N) is 1. The molecule has 2 aliphatic heterocycles. The van der Waals surface area contributed by atoms with Crippen LogP contribution in [0.5, 0.6) is 0 Å². The average molecular weight is 464 g/mol. The van der Waals surface area contributed by atoms with Crippen molar-refractivity contribution in [3.05, 3.63) is 53.3 Å². The van der Waals surface area contributed by atoms with Crippen molar-refractivity contribution in [2.24, 2.45) is 5.84 Å². The van der Waals surface area contributed by atoms with E-state index in [1.807, 2.05) is 29.2 Å². The topological polar surface area (TPSA) is 65.3 Å². The van der Waals surface area contributed by atoms with E-state index >= 15 is 0 Å². The molecule has 10 heteroatoms. The summed E-state index contributed by atoms with van der Waals surface area (Å²) in [5, 5.41) is 1.99. The molecule has 1 amide bonds. The lowest BCUT2D eigenvalue weighted by Gasteiger charge is -2.37. The lowest BCUT2D eigenvalue weighted by molar-refractivity contribution is 0.127. The number of carbonyl (C=O) groups is 1. The number of halogens is 2. The zero-order chi connectivity index (χ0) is 22.0. The molecule has 4 rings (SSSR count). The third-order valence-corrected chi connectivity index (χ3v) is 6.07.